The molecule has 98 valence electrons. The maximum atomic E-state index is 11.6. The molecule has 1 fully saturated rings. The van der Waals surface area contributed by atoms with E-state index in [2.05, 4.69) is 16.0 Å². The lowest BCUT2D eigenvalue weighted by Crippen LogP contribution is -2.40. The fraction of sp³-hybridized carbons (Fsp3) is 0.308. The lowest BCUT2D eigenvalue weighted by atomic mass is 10.2. The second-order valence-electron chi connectivity index (χ2n) is 4.34. The first-order chi connectivity index (χ1) is 9.17. The molecule has 1 aliphatic rings. The number of carbonyl (C=O) groups is 2. The van der Waals surface area contributed by atoms with Crippen molar-refractivity contribution in [2.75, 3.05) is 11.9 Å². The van der Waals surface area contributed by atoms with Crippen LogP contribution < -0.4 is 16.0 Å². The molecule has 0 radical (unpaired) electrons. The van der Waals surface area contributed by atoms with Crippen LogP contribution in [-0.4, -0.2) is 24.5 Å². The van der Waals surface area contributed by atoms with E-state index in [1.54, 1.807) is 24.3 Å². The molecule has 1 saturated carbocycles. The molecule has 3 N–H and O–H groups in total. The average molecular weight is 258 g/mol. The Bertz CT molecular complexity index is 532. The molecule has 3 amide bonds. The Morgan fingerprint density at radius 1 is 1.37 bits per heavy atom. The van der Waals surface area contributed by atoms with Gasteiger partial charge in [-0.1, -0.05) is 6.07 Å². The number of nitrogens with zero attached hydrogens (tertiary/aromatic N) is 1. The summed E-state index contributed by atoms with van der Waals surface area (Å²) in [5, 5.41) is 16.5. The van der Waals surface area contributed by atoms with Gasteiger partial charge in [0.25, 0.3) is 0 Å². The molecule has 1 aromatic rings. The van der Waals surface area contributed by atoms with Crippen molar-refractivity contribution in [3.05, 3.63) is 29.8 Å². The van der Waals surface area contributed by atoms with Crippen molar-refractivity contribution in [3.63, 3.8) is 0 Å². The summed E-state index contributed by atoms with van der Waals surface area (Å²) in [6.07, 6.45) is 2.00. The lowest BCUT2D eigenvalue weighted by Gasteiger charge is -2.07. The van der Waals surface area contributed by atoms with E-state index in [1.165, 1.54) is 0 Å². The molecular formula is C13H14N4O2. The van der Waals surface area contributed by atoms with Gasteiger partial charge in [-0.3, -0.25) is 4.79 Å². The van der Waals surface area contributed by atoms with Crippen molar-refractivity contribution in [2.45, 2.75) is 18.9 Å². The third-order valence-electron chi connectivity index (χ3n) is 2.60. The number of hydrogen-bond acceptors (Lipinski definition) is 3. The topological polar surface area (TPSA) is 94.0 Å². The maximum absolute atomic E-state index is 11.6. The molecule has 1 aromatic carbocycles. The standard InChI is InChI=1S/C13H14N4O2/c14-7-9-2-1-3-11(6-9)16-12(18)8-15-13(19)17-10-4-5-10/h1-3,6,10H,4-5,8H2,(H,16,18)(H2,15,17,19). The van der Waals surface area contributed by atoms with Crippen LogP contribution in [0.2, 0.25) is 0 Å². The first kappa shape index (κ1) is 12.9. The first-order valence-electron chi connectivity index (χ1n) is 6.02. The second-order valence-corrected chi connectivity index (χ2v) is 4.34. The van der Waals surface area contributed by atoms with Crippen LogP contribution >= 0.6 is 0 Å². The predicted molar refractivity (Wildman–Crippen MR) is 69.3 cm³/mol. The Hall–Kier alpha value is -2.55. The van der Waals surface area contributed by atoms with Crippen molar-refractivity contribution in [3.8, 4) is 6.07 Å². The van der Waals surface area contributed by atoms with Gasteiger partial charge in [0.1, 0.15) is 0 Å². The highest BCUT2D eigenvalue weighted by Gasteiger charge is 2.23. The van der Waals surface area contributed by atoms with Crippen LogP contribution in [-0.2, 0) is 4.79 Å². The van der Waals surface area contributed by atoms with E-state index >= 15 is 0 Å². The molecule has 0 saturated heterocycles. The molecule has 0 aliphatic heterocycles. The zero-order valence-electron chi connectivity index (χ0n) is 10.3. The van der Waals surface area contributed by atoms with Crippen molar-refractivity contribution < 1.29 is 9.59 Å². The van der Waals surface area contributed by atoms with Crippen molar-refractivity contribution in [1.82, 2.24) is 10.6 Å². The van der Waals surface area contributed by atoms with E-state index in [1.807, 2.05) is 6.07 Å². The summed E-state index contributed by atoms with van der Waals surface area (Å²) in [5.41, 5.74) is 1.01. The predicted octanol–water partition coefficient (Wildman–Crippen LogP) is 0.958. The number of carbonyl (C=O) groups excluding carboxylic acids is 2. The molecule has 2 rings (SSSR count). The minimum atomic E-state index is -0.332. The largest absolute Gasteiger partial charge is 0.335 e. The fourth-order valence-electron chi connectivity index (χ4n) is 1.50. The molecule has 6 nitrogen and oxygen atoms in total. The Labute approximate surface area is 110 Å². The number of amides is 3. The highest BCUT2D eigenvalue weighted by molar-refractivity contribution is 5.94. The van der Waals surface area contributed by atoms with Crippen molar-refractivity contribution >= 4 is 17.6 Å². The van der Waals surface area contributed by atoms with E-state index in [-0.39, 0.29) is 24.5 Å². The Morgan fingerprint density at radius 2 is 2.16 bits per heavy atom. The van der Waals surface area contributed by atoms with E-state index in [0.717, 1.165) is 12.8 Å². The minimum absolute atomic E-state index is 0.102. The van der Waals surface area contributed by atoms with Crippen LogP contribution in [0.1, 0.15) is 18.4 Å². The van der Waals surface area contributed by atoms with E-state index in [4.69, 9.17) is 5.26 Å². The van der Waals surface area contributed by atoms with E-state index in [0.29, 0.717) is 11.3 Å². The van der Waals surface area contributed by atoms with E-state index in [9.17, 15) is 9.59 Å². The normalized spacial score (nSPS) is 13.2. The maximum Gasteiger partial charge on any atom is 0.315 e. The Kier molecular flexibility index (Phi) is 3.98. The molecule has 0 heterocycles. The smallest absolute Gasteiger partial charge is 0.315 e. The molecule has 0 aromatic heterocycles. The number of hydrogen-bond donors (Lipinski definition) is 3. The summed E-state index contributed by atoms with van der Waals surface area (Å²) in [5.74, 6) is -0.332. The SMILES string of the molecule is N#Cc1cccc(NC(=O)CNC(=O)NC2CC2)c1. The molecule has 6 heteroatoms. The molecular weight excluding hydrogens is 244 g/mol. The number of anilines is 1. The van der Waals surface area contributed by atoms with Crippen LogP contribution in [0.3, 0.4) is 0 Å². The van der Waals surface area contributed by atoms with Gasteiger partial charge in [0.05, 0.1) is 18.2 Å². The zero-order valence-corrected chi connectivity index (χ0v) is 10.3. The van der Waals surface area contributed by atoms with Crippen LogP contribution in [0.15, 0.2) is 24.3 Å². The van der Waals surface area contributed by atoms with Gasteiger partial charge in [-0.2, -0.15) is 5.26 Å². The summed E-state index contributed by atoms with van der Waals surface area (Å²) in [6, 6.07) is 8.50. The summed E-state index contributed by atoms with van der Waals surface area (Å²) in [7, 11) is 0. The fourth-order valence-corrected chi connectivity index (χ4v) is 1.50. The summed E-state index contributed by atoms with van der Waals surface area (Å²) in [4.78, 5) is 22.9. The molecule has 0 spiro atoms. The first-order valence-corrected chi connectivity index (χ1v) is 6.02. The van der Waals surface area contributed by atoms with Gasteiger partial charge in [-0.05, 0) is 31.0 Å². The van der Waals surface area contributed by atoms with Gasteiger partial charge in [0.2, 0.25) is 5.91 Å². The van der Waals surface area contributed by atoms with Gasteiger partial charge in [-0.25, -0.2) is 4.79 Å². The van der Waals surface area contributed by atoms with Gasteiger partial charge in [0.15, 0.2) is 0 Å². The molecule has 0 bridgehead atoms. The minimum Gasteiger partial charge on any atom is -0.335 e. The third kappa shape index (κ3) is 4.32. The lowest BCUT2D eigenvalue weighted by molar-refractivity contribution is -0.115. The van der Waals surface area contributed by atoms with Crippen molar-refractivity contribution in [2.24, 2.45) is 0 Å². The summed E-state index contributed by atoms with van der Waals surface area (Å²) < 4.78 is 0. The Balaban J connectivity index is 1.76. The van der Waals surface area contributed by atoms with Crippen LogP contribution in [0.5, 0.6) is 0 Å². The van der Waals surface area contributed by atoms with Gasteiger partial charge < -0.3 is 16.0 Å². The van der Waals surface area contributed by atoms with Gasteiger partial charge >= 0.3 is 6.03 Å². The van der Waals surface area contributed by atoms with Gasteiger partial charge in [0, 0.05) is 11.7 Å². The van der Waals surface area contributed by atoms with Crippen LogP contribution in [0, 0.1) is 11.3 Å². The average Bonchev–Trinajstić information content (AvgIpc) is 3.20. The highest BCUT2D eigenvalue weighted by Crippen LogP contribution is 2.18. The zero-order chi connectivity index (χ0) is 13.7. The molecule has 1 aliphatic carbocycles. The number of rotatable bonds is 4. The number of nitriles is 1. The van der Waals surface area contributed by atoms with Crippen LogP contribution in [0.25, 0.3) is 0 Å². The van der Waals surface area contributed by atoms with Crippen LogP contribution in [0.4, 0.5) is 10.5 Å². The monoisotopic (exact) mass is 258 g/mol. The summed E-state index contributed by atoms with van der Waals surface area (Å²) in [6.45, 7) is -0.102. The quantitative estimate of drug-likeness (QED) is 0.750. The highest BCUT2D eigenvalue weighted by atomic mass is 16.2. The number of benzene rings is 1. The second kappa shape index (κ2) is 5.87. The molecule has 19 heavy (non-hydrogen) atoms. The third-order valence-corrected chi connectivity index (χ3v) is 2.60. The summed E-state index contributed by atoms with van der Waals surface area (Å²) >= 11 is 0. The molecule has 0 unspecified atom stereocenters. The van der Waals surface area contributed by atoms with E-state index < -0.39 is 0 Å². The number of nitrogens with one attached hydrogen (secondary N) is 3. The Morgan fingerprint density at radius 3 is 2.84 bits per heavy atom. The number of urea groups is 1. The van der Waals surface area contributed by atoms with Crippen molar-refractivity contribution in [1.29, 1.82) is 5.26 Å². The molecule has 0 atom stereocenters. The van der Waals surface area contributed by atoms with Gasteiger partial charge in [-0.15, -0.1) is 0 Å².